The van der Waals surface area contributed by atoms with Gasteiger partial charge >= 0.3 is 0 Å². The fourth-order valence-electron chi connectivity index (χ4n) is 2.87. The van der Waals surface area contributed by atoms with Crippen LogP contribution in [-0.4, -0.2) is 51.9 Å². The summed E-state index contributed by atoms with van der Waals surface area (Å²) < 4.78 is 7.25. The molecule has 2 unspecified atom stereocenters. The zero-order chi connectivity index (χ0) is 14.1. The minimum absolute atomic E-state index is 0.253. The fraction of sp³-hybridized carbons (Fsp3) is 0.615. The van der Waals surface area contributed by atoms with E-state index in [0.29, 0.717) is 12.3 Å². The number of aryl methyl sites for hydroxylation is 1. The summed E-state index contributed by atoms with van der Waals surface area (Å²) in [4.78, 5) is 10.9. The maximum absolute atomic E-state index is 5.95. The van der Waals surface area contributed by atoms with Crippen molar-refractivity contribution in [3.8, 4) is 0 Å². The minimum Gasteiger partial charge on any atom is -0.381 e. The molecule has 7 heteroatoms. The topological polar surface area (TPSA) is 81.6 Å². The summed E-state index contributed by atoms with van der Waals surface area (Å²) in [6, 6.07) is 2.29. The third-order valence-corrected chi connectivity index (χ3v) is 3.93. The highest BCUT2D eigenvalue weighted by Gasteiger charge is 2.29. The molecule has 0 radical (unpaired) electrons. The first-order valence-electron chi connectivity index (χ1n) is 6.90. The molecule has 20 heavy (non-hydrogen) atoms. The highest BCUT2D eigenvalue weighted by atomic mass is 16.5. The molecule has 0 amide bonds. The lowest BCUT2D eigenvalue weighted by atomic mass is 9.99. The molecule has 1 aliphatic rings. The van der Waals surface area contributed by atoms with Crippen LogP contribution in [0.4, 0.5) is 5.82 Å². The van der Waals surface area contributed by atoms with E-state index in [2.05, 4.69) is 20.0 Å². The predicted octanol–water partition coefficient (Wildman–Crippen LogP) is 0.375. The molecule has 2 aromatic heterocycles. The predicted molar refractivity (Wildman–Crippen MR) is 75.7 cm³/mol. The summed E-state index contributed by atoms with van der Waals surface area (Å²) >= 11 is 0. The number of piperidine rings is 1. The van der Waals surface area contributed by atoms with Crippen molar-refractivity contribution in [2.45, 2.75) is 31.9 Å². The van der Waals surface area contributed by atoms with E-state index in [1.54, 1.807) is 11.6 Å². The van der Waals surface area contributed by atoms with E-state index in [4.69, 9.17) is 10.5 Å². The van der Waals surface area contributed by atoms with Gasteiger partial charge in [0.25, 0.3) is 5.78 Å². The van der Waals surface area contributed by atoms with Crippen LogP contribution in [0.3, 0.4) is 0 Å². The number of hydrogen-bond acceptors (Lipinski definition) is 6. The highest BCUT2D eigenvalue weighted by molar-refractivity contribution is 5.48. The monoisotopic (exact) mass is 276 g/mol. The summed E-state index contributed by atoms with van der Waals surface area (Å²) in [5.41, 5.74) is 6.88. The molecule has 108 valence electrons. The van der Waals surface area contributed by atoms with Gasteiger partial charge in [0.15, 0.2) is 0 Å². The Labute approximate surface area is 117 Å². The largest absolute Gasteiger partial charge is 0.381 e. The van der Waals surface area contributed by atoms with E-state index in [1.165, 1.54) is 6.33 Å². The molecule has 1 fully saturated rings. The quantitative estimate of drug-likeness (QED) is 0.872. The van der Waals surface area contributed by atoms with E-state index >= 15 is 0 Å². The highest BCUT2D eigenvalue weighted by Crippen LogP contribution is 2.26. The Kier molecular flexibility index (Phi) is 3.54. The summed E-state index contributed by atoms with van der Waals surface area (Å²) in [5, 5.41) is 4.27. The number of aromatic nitrogens is 4. The number of anilines is 1. The molecule has 2 atom stereocenters. The Morgan fingerprint density at radius 3 is 3.10 bits per heavy atom. The lowest BCUT2D eigenvalue weighted by Gasteiger charge is -2.39. The van der Waals surface area contributed by atoms with Crippen LogP contribution in [0, 0.1) is 6.92 Å². The molecular weight excluding hydrogens is 256 g/mol. The van der Waals surface area contributed by atoms with Crippen molar-refractivity contribution in [3.05, 3.63) is 18.1 Å². The number of nitrogens with zero attached hydrogens (tertiary/aromatic N) is 5. The Balaban J connectivity index is 1.99. The first kappa shape index (κ1) is 13.3. The average molecular weight is 276 g/mol. The molecule has 1 aliphatic heterocycles. The van der Waals surface area contributed by atoms with Gasteiger partial charge in [-0.05, 0) is 19.8 Å². The Bertz CT molecular complexity index is 598. The fourth-order valence-corrected chi connectivity index (χ4v) is 2.87. The van der Waals surface area contributed by atoms with Crippen LogP contribution >= 0.6 is 0 Å². The second-order valence-corrected chi connectivity index (χ2v) is 5.19. The molecule has 3 rings (SSSR count). The summed E-state index contributed by atoms with van der Waals surface area (Å²) in [5.74, 6) is 1.64. The van der Waals surface area contributed by atoms with Gasteiger partial charge in [0.2, 0.25) is 0 Å². The first-order valence-corrected chi connectivity index (χ1v) is 6.90. The lowest BCUT2D eigenvalue weighted by molar-refractivity contribution is 0.0707. The molecule has 3 heterocycles. The molecule has 0 saturated carbocycles. The molecule has 2 aromatic rings. The second-order valence-electron chi connectivity index (χ2n) is 5.19. The van der Waals surface area contributed by atoms with Crippen molar-refractivity contribution in [1.82, 2.24) is 19.6 Å². The van der Waals surface area contributed by atoms with Gasteiger partial charge in [0.05, 0.1) is 6.10 Å². The zero-order valence-electron chi connectivity index (χ0n) is 11.9. The third-order valence-electron chi connectivity index (χ3n) is 3.93. The number of hydrogen-bond donors (Lipinski definition) is 1. The number of fused-ring (bicyclic) bond motifs is 1. The first-order chi connectivity index (χ1) is 9.72. The van der Waals surface area contributed by atoms with Crippen molar-refractivity contribution in [1.29, 1.82) is 0 Å². The van der Waals surface area contributed by atoms with E-state index < -0.39 is 0 Å². The van der Waals surface area contributed by atoms with Gasteiger partial charge in [-0.15, -0.1) is 0 Å². The molecule has 0 bridgehead atoms. The van der Waals surface area contributed by atoms with Crippen LogP contribution in [0.15, 0.2) is 12.4 Å². The molecule has 0 aromatic carbocycles. The van der Waals surface area contributed by atoms with Crippen LogP contribution in [0.1, 0.15) is 18.5 Å². The van der Waals surface area contributed by atoms with Gasteiger partial charge in [0.1, 0.15) is 12.1 Å². The molecule has 7 nitrogen and oxygen atoms in total. The van der Waals surface area contributed by atoms with E-state index in [9.17, 15) is 0 Å². The van der Waals surface area contributed by atoms with Crippen molar-refractivity contribution >= 4 is 11.6 Å². The molecular formula is C13H20N6O. The Morgan fingerprint density at radius 1 is 1.50 bits per heavy atom. The third kappa shape index (κ3) is 2.23. The van der Waals surface area contributed by atoms with Crippen LogP contribution < -0.4 is 10.6 Å². The molecule has 1 saturated heterocycles. The maximum atomic E-state index is 5.95. The van der Waals surface area contributed by atoms with Crippen LogP contribution in [0.2, 0.25) is 0 Å². The second kappa shape index (κ2) is 5.34. The lowest BCUT2D eigenvalue weighted by Crippen LogP contribution is -2.49. The van der Waals surface area contributed by atoms with Crippen molar-refractivity contribution in [3.63, 3.8) is 0 Å². The number of nitrogens with two attached hydrogens (primary N) is 1. The van der Waals surface area contributed by atoms with Gasteiger partial charge in [-0.1, -0.05) is 0 Å². The normalized spacial score (nSPS) is 23.4. The van der Waals surface area contributed by atoms with E-state index in [1.807, 2.05) is 13.0 Å². The summed E-state index contributed by atoms with van der Waals surface area (Å²) in [6.45, 7) is 3.47. The van der Waals surface area contributed by atoms with Gasteiger partial charge in [-0.2, -0.15) is 14.6 Å². The number of methoxy groups -OCH3 is 1. The average Bonchev–Trinajstić information content (AvgIpc) is 2.93. The van der Waals surface area contributed by atoms with Crippen molar-refractivity contribution < 1.29 is 4.74 Å². The van der Waals surface area contributed by atoms with Gasteiger partial charge < -0.3 is 15.4 Å². The maximum Gasteiger partial charge on any atom is 0.254 e. The van der Waals surface area contributed by atoms with Gasteiger partial charge in [-0.25, -0.2) is 4.98 Å². The summed E-state index contributed by atoms with van der Waals surface area (Å²) in [7, 11) is 1.76. The number of rotatable bonds is 3. The van der Waals surface area contributed by atoms with Gasteiger partial charge in [0, 0.05) is 38.0 Å². The van der Waals surface area contributed by atoms with Crippen LogP contribution in [0.25, 0.3) is 5.78 Å². The van der Waals surface area contributed by atoms with E-state index in [-0.39, 0.29) is 12.1 Å². The molecule has 0 aliphatic carbocycles. The SMILES string of the molecule is COC1CCN(c2cc(C)nc3ncnn23)C(CN)C1. The van der Waals surface area contributed by atoms with Crippen LogP contribution in [-0.2, 0) is 4.74 Å². The standard InChI is InChI=1S/C13H20N6O/c1-9-5-12(19-13(17-9)15-8-16-19)18-4-3-11(20-2)6-10(18)7-14/h5,8,10-11H,3-4,6-7,14H2,1-2H3. The van der Waals surface area contributed by atoms with Gasteiger partial charge in [-0.3, -0.25) is 0 Å². The molecule has 2 N–H and O–H groups in total. The summed E-state index contributed by atoms with van der Waals surface area (Å²) in [6.07, 6.45) is 3.74. The molecule has 0 spiro atoms. The van der Waals surface area contributed by atoms with E-state index in [0.717, 1.165) is 30.9 Å². The Hall–Kier alpha value is -1.73. The minimum atomic E-state index is 0.253. The van der Waals surface area contributed by atoms with Crippen molar-refractivity contribution in [2.24, 2.45) is 5.73 Å². The smallest absolute Gasteiger partial charge is 0.254 e. The zero-order valence-corrected chi connectivity index (χ0v) is 11.9. The Morgan fingerprint density at radius 2 is 2.35 bits per heavy atom. The number of ether oxygens (including phenoxy) is 1. The van der Waals surface area contributed by atoms with Crippen molar-refractivity contribution in [2.75, 3.05) is 25.1 Å². The van der Waals surface area contributed by atoms with Crippen LogP contribution in [0.5, 0.6) is 0 Å².